The third-order valence-corrected chi connectivity index (χ3v) is 2.18. The molecular weight excluding hydrogens is 216 g/mol. The summed E-state index contributed by atoms with van der Waals surface area (Å²) in [6.07, 6.45) is 2.51. The number of aromatic nitrogens is 3. The first-order chi connectivity index (χ1) is 8.24. The Morgan fingerprint density at radius 1 is 1.29 bits per heavy atom. The van der Waals surface area contributed by atoms with E-state index in [1.165, 1.54) is 0 Å². The monoisotopic (exact) mass is 230 g/mol. The van der Waals surface area contributed by atoms with Crippen LogP contribution in [0.3, 0.4) is 0 Å². The van der Waals surface area contributed by atoms with Crippen LogP contribution in [0.2, 0.25) is 0 Å². The molecule has 17 heavy (non-hydrogen) atoms. The van der Waals surface area contributed by atoms with Crippen molar-refractivity contribution in [3.8, 4) is 5.88 Å². The van der Waals surface area contributed by atoms with Crippen LogP contribution in [-0.4, -0.2) is 21.6 Å². The predicted molar refractivity (Wildman–Crippen MR) is 64.6 cm³/mol. The molecular formula is C12H14N4O. The number of rotatable bonds is 4. The topological polar surface area (TPSA) is 73.9 Å². The first-order valence-corrected chi connectivity index (χ1v) is 5.38. The van der Waals surface area contributed by atoms with Gasteiger partial charge in [0.05, 0.1) is 6.61 Å². The lowest BCUT2D eigenvalue weighted by Gasteiger charge is -2.05. The van der Waals surface area contributed by atoms with E-state index in [9.17, 15) is 0 Å². The standard InChI is InChI=1S/C12H14N4O/c1-9-8-11(16-12(13)15-9)17-7-5-10-4-2-3-6-14-10/h2-4,6,8H,5,7H2,1H3,(H2,13,15,16). The molecule has 0 spiro atoms. The molecule has 0 saturated heterocycles. The summed E-state index contributed by atoms with van der Waals surface area (Å²) in [6.45, 7) is 2.37. The molecule has 2 aromatic heterocycles. The Kier molecular flexibility index (Phi) is 3.49. The molecule has 5 nitrogen and oxygen atoms in total. The Labute approximate surface area is 99.7 Å². The largest absolute Gasteiger partial charge is 0.477 e. The highest BCUT2D eigenvalue weighted by Crippen LogP contribution is 2.10. The van der Waals surface area contributed by atoms with Crippen molar-refractivity contribution in [3.05, 3.63) is 41.9 Å². The van der Waals surface area contributed by atoms with Crippen molar-refractivity contribution in [3.63, 3.8) is 0 Å². The van der Waals surface area contributed by atoms with Gasteiger partial charge in [0, 0.05) is 30.1 Å². The second-order valence-electron chi connectivity index (χ2n) is 3.63. The zero-order valence-electron chi connectivity index (χ0n) is 9.63. The van der Waals surface area contributed by atoms with Crippen molar-refractivity contribution in [1.29, 1.82) is 0 Å². The Morgan fingerprint density at radius 2 is 2.18 bits per heavy atom. The highest BCUT2D eigenvalue weighted by molar-refractivity contribution is 5.25. The van der Waals surface area contributed by atoms with Gasteiger partial charge in [-0.2, -0.15) is 4.98 Å². The zero-order chi connectivity index (χ0) is 12.1. The van der Waals surface area contributed by atoms with Gasteiger partial charge in [0.2, 0.25) is 11.8 Å². The van der Waals surface area contributed by atoms with Gasteiger partial charge in [0.25, 0.3) is 0 Å². The van der Waals surface area contributed by atoms with E-state index in [4.69, 9.17) is 10.5 Å². The molecule has 2 aromatic rings. The number of nitrogens with two attached hydrogens (primary N) is 1. The number of hydrogen-bond donors (Lipinski definition) is 1. The molecule has 0 unspecified atom stereocenters. The molecule has 0 saturated carbocycles. The maximum absolute atomic E-state index is 5.53. The molecule has 0 aliphatic heterocycles. The van der Waals surface area contributed by atoms with Crippen molar-refractivity contribution >= 4 is 5.95 Å². The Morgan fingerprint density at radius 3 is 2.88 bits per heavy atom. The van der Waals surface area contributed by atoms with Gasteiger partial charge in [-0.3, -0.25) is 4.98 Å². The first kappa shape index (κ1) is 11.3. The summed E-state index contributed by atoms with van der Waals surface area (Å²) < 4.78 is 5.50. The van der Waals surface area contributed by atoms with Crippen LogP contribution in [-0.2, 0) is 6.42 Å². The molecule has 0 fully saturated rings. The lowest BCUT2D eigenvalue weighted by atomic mass is 10.3. The molecule has 0 radical (unpaired) electrons. The Bertz CT molecular complexity index is 467. The van der Waals surface area contributed by atoms with Gasteiger partial charge in [0.15, 0.2) is 0 Å². The average molecular weight is 230 g/mol. The third-order valence-electron chi connectivity index (χ3n) is 2.18. The van der Waals surface area contributed by atoms with E-state index in [1.54, 1.807) is 12.3 Å². The summed E-state index contributed by atoms with van der Waals surface area (Å²) >= 11 is 0. The second kappa shape index (κ2) is 5.25. The normalized spacial score (nSPS) is 10.2. The fraction of sp³-hybridized carbons (Fsp3) is 0.250. The minimum absolute atomic E-state index is 0.234. The summed E-state index contributed by atoms with van der Waals surface area (Å²) in [6, 6.07) is 7.56. The van der Waals surface area contributed by atoms with E-state index in [2.05, 4.69) is 15.0 Å². The molecule has 88 valence electrons. The summed E-state index contributed by atoms with van der Waals surface area (Å²) in [4.78, 5) is 12.2. The fourth-order valence-electron chi connectivity index (χ4n) is 1.44. The quantitative estimate of drug-likeness (QED) is 0.859. The first-order valence-electron chi connectivity index (χ1n) is 5.38. The van der Waals surface area contributed by atoms with Crippen LogP contribution in [0.15, 0.2) is 30.5 Å². The van der Waals surface area contributed by atoms with Gasteiger partial charge in [-0.15, -0.1) is 0 Å². The van der Waals surface area contributed by atoms with Crippen molar-refractivity contribution in [1.82, 2.24) is 15.0 Å². The number of anilines is 1. The third kappa shape index (κ3) is 3.41. The maximum Gasteiger partial charge on any atom is 0.223 e. The number of nitrogens with zero attached hydrogens (tertiary/aromatic N) is 3. The van der Waals surface area contributed by atoms with E-state index in [0.717, 1.165) is 17.8 Å². The Hall–Kier alpha value is -2.17. The van der Waals surface area contributed by atoms with Gasteiger partial charge in [-0.25, -0.2) is 4.98 Å². The number of nitrogen functional groups attached to an aromatic ring is 1. The molecule has 0 aliphatic carbocycles. The van der Waals surface area contributed by atoms with Crippen molar-refractivity contribution < 1.29 is 4.74 Å². The summed E-state index contributed by atoms with van der Waals surface area (Å²) in [7, 11) is 0. The summed E-state index contributed by atoms with van der Waals surface area (Å²) in [5, 5.41) is 0. The van der Waals surface area contributed by atoms with Crippen molar-refractivity contribution in [2.75, 3.05) is 12.3 Å². The second-order valence-corrected chi connectivity index (χ2v) is 3.63. The molecule has 0 aromatic carbocycles. The fourth-order valence-corrected chi connectivity index (χ4v) is 1.44. The van der Waals surface area contributed by atoms with Crippen LogP contribution in [0.25, 0.3) is 0 Å². The highest BCUT2D eigenvalue weighted by Gasteiger charge is 2.00. The van der Waals surface area contributed by atoms with Crippen LogP contribution in [0.5, 0.6) is 5.88 Å². The van der Waals surface area contributed by atoms with Gasteiger partial charge in [0.1, 0.15) is 0 Å². The molecule has 2 heterocycles. The molecule has 5 heteroatoms. The minimum atomic E-state index is 0.234. The lowest BCUT2D eigenvalue weighted by Crippen LogP contribution is -2.06. The predicted octanol–water partition coefficient (Wildman–Crippen LogP) is 1.38. The number of ether oxygens (including phenoxy) is 1. The van der Waals surface area contributed by atoms with Crippen molar-refractivity contribution in [2.24, 2.45) is 0 Å². The van der Waals surface area contributed by atoms with Crippen LogP contribution < -0.4 is 10.5 Å². The van der Waals surface area contributed by atoms with E-state index >= 15 is 0 Å². The molecule has 2 N–H and O–H groups in total. The molecule has 0 bridgehead atoms. The maximum atomic E-state index is 5.53. The van der Waals surface area contributed by atoms with Crippen molar-refractivity contribution in [2.45, 2.75) is 13.3 Å². The number of pyridine rings is 1. The molecule has 0 aliphatic rings. The van der Waals surface area contributed by atoms with Gasteiger partial charge in [-0.05, 0) is 19.1 Å². The number of hydrogen-bond acceptors (Lipinski definition) is 5. The van der Waals surface area contributed by atoms with Gasteiger partial charge in [-0.1, -0.05) is 6.07 Å². The molecule has 2 rings (SSSR count). The van der Waals surface area contributed by atoms with Crippen LogP contribution in [0, 0.1) is 6.92 Å². The lowest BCUT2D eigenvalue weighted by molar-refractivity contribution is 0.308. The van der Waals surface area contributed by atoms with Gasteiger partial charge < -0.3 is 10.5 Å². The average Bonchev–Trinajstić information content (AvgIpc) is 2.29. The van der Waals surface area contributed by atoms with Crippen LogP contribution >= 0.6 is 0 Å². The van der Waals surface area contributed by atoms with E-state index in [0.29, 0.717) is 12.5 Å². The highest BCUT2D eigenvalue weighted by atomic mass is 16.5. The molecule has 0 atom stereocenters. The Balaban J connectivity index is 1.90. The SMILES string of the molecule is Cc1cc(OCCc2ccccn2)nc(N)n1. The minimum Gasteiger partial charge on any atom is -0.477 e. The summed E-state index contributed by atoms with van der Waals surface area (Å²) in [5.74, 6) is 0.740. The zero-order valence-corrected chi connectivity index (χ0v) is 9.63. The number of aryl methyl sites for hydroxylation is 1. The van der Waals surface area contributed by atoms with Crippen LogP contribution in [0.1, 0.15) is 11.4 Å². The molecule has 0 amide bonds. The smallest absolute Gasteiger partial charge is 0.223 e. The summed E-state index contributed by atoms with van der Waals surface area (Å²) in [5.41, 5.74) is 7.32. The van der Waals surface area contributed by atoms with Crippen LogP contribution in [0.4, 0.5) is 5.95 Å². The van der Waals surface area contributed by atoms with E-state index < -0.39 is 0 Å². The van der Waals surface area contributed by atoms with E-state index in [1.807, 2.05) is 25.1 Å². The van der Waals surface area contributed by atoms with Gasteiger partial charge >= 0.3 is 0 Å². The van der Waals surface area contributed by atoms with E-state index in [-0.39, 0.29) is 5.95 Å².